The number of likely N-dealkylation sites (tertiary alicyclic amines) is 1. The first-order valence-electron chi connectivity index (χ1n) is 7.77. The zero-order valence-electron chi connectivity index (χ0n) is 12.2. The summed E-state index contributed by atoms with van der Waals surface area (Å²) in [6, 6.07) is 14.9. The molecule has 0 bridgehead atoms. The number of nitrogens with one attached hydrogen (secondary N) is 1. The van der Waals surface area contributed by atoms with E-state index in [0.29, 0.717) is 0 Å². The Kier molecular flexibility index (Phi) is 4.04. The van der Waals surface area contributed by atoms with E-state index >= 15 is 0 Å². The molecule has 20 heavy (non-hydrogen) atoms. The molecule has 0 radical (unpaired) electrons. The quantitative estimate of drug-likeness (QED) is 0.879. The van der Waals surface area contributed by atoms with Crippen molar-refractivity contribution in [2.45, 2.75) is 38.3 Å². The predicted octanol–water partition coefficient (Wildman–Crippen LogP) is 2.33. The normalized spacial score (nSPS) is 19.9. The van der Waals surface area contributed by atoms with Crippen LogP contribution in [0.3, 0.4) is 0 Å². The van der Waals surface area contributed by atoms with Gasteiger partial charge < -0.3 is 10.0 Å². The fourth-order valence-corrected chi connectivity index (χ4v) is 3.36. The Morgan fingerprint density at radius 1 is 0.950 bits per heavy atom. The molecule has 1 heterocycles. The van der Waals surface area contributed by atoms with Gasteiger partial charge in [0.1, 0.15) is 12.1 Å². The summed E-state index contributed by atoms with van der Waals surface area (Å²) in [7, 11) is 0. The molecule has 0 saturated carbocycles. The van der Waals surface area contributed by atoms with Crippen LogP contribution in [0.4, 0.5) is 0 Å². The summed E-state index contributed by atoms with van der Waals surface area (Å²) >= 11 is 0. The molecule has 0 spiro atoms. The molecule has 2 atom stereocenters. The number of hydrogen-bond acceptors (Lipinski definition) is 1. The van der Waals surface area contributed by atoms with E-state index < -0.39 is 0 Å². The van der Waals surface area contributed by atoms with Crippen LogP contribution in [0, 0.1) is 0 Å². The summed E-state index contributed by atoms with van der Waals surface area (Å²) in [5.74, 6) is 0. The number of aliphatic hydroxyl groups is 1. The van der Waals surface area contributed by atoms with E-state index in [4.69, 9.17) is 0 Å². The van der Waals surface area contributed by atoms with Crippen LogP contribution < -0.4 is 4.90 Å². The molecule has 0 aliphatic carbocycles. The molecule has 0 unspecified atom stereocenters. The number of aliphatic hydroxyl groups excluding tert-OH is 1. The first-order chi connectivity index (χ1) is 9.75. The molecule has 1 fully saturated rings. The van der Waals surface area contributed by atoms with E-state index in [0.717, 1.165) is 5.56 Å². The van der Waals surface area contributed by atoms with Crippen molar-refractivity contribution in [2.24, 2.45) is 0 Å². The molecule has 3 rings (SSSR count). The zero-order chi connectivity index (χ0) is 13.9. The van der Waals surface area contributed by atoms with Gasteiger partial charge in [-0.2, -0.15) is 0 Å². The Bertz CT molecular complexity index is 574. The minimum atomic E-state index is -0.368. The monoisotopic (exact) mass is 270 g/mol. The van der Waals surface area contributed by atoms with Gasteiger partial charge in [-0.15, -0.1) is 0 Å². The van der Waals surface area contributed by atoms with Gasteiger partial charge in [0.05, 0.1) is 13.1 Å². The molecular formula is C18H24NO+. The third kappa shape index (κ3) is 2.72. The average Bonchev–Trinajstić information content (AvgIpc) is 2.54. The number of rotatable bonds is 3. The summed E-state index contributed by atoms with van der Waals surface area (Å²) in [6.07, 6.45) is 3.57. The Morgan fingerprint density at radius 2 is 1.65 bits per heavy atom. The Balaban J connectivity index is 1.81. The molecule has 0 amide bonds. The lowest BCUT2D eigenvalue weighted by molar-refractivity contribution is -0.932. The molecule has 106 valence electrons. The van der Waals surface area contributed by atoms with Crippen LogP contribution in [0.5, 0.6) is 0 Å². The topological polar surface area (TPSA) is 24.7 Å². The van der Waals surface area contributed by atoms with Crippen molar-refractivity contribution < 1.29 is 10.0 Å². The van der Waals surface area contributed by atoms with E-state index in [1.54, 1.807) is 4.90 Å². The van der Waals surface area contributed by atoms with Crippen LogP contribution in [0.15, 0.2) is 42.5 Å². The summed E-state index contributed by atoms with van der Waals surface area (Å²) in [6.45, 7) is 4.58. The lowest BCUT2D eigenvalue weighted by atomic mass is 9.97. The molecule has 2 heteroatoms. The van der Waals surface area contributed by atoms with E-state index in [9.17, 15) is 5.11 Å². The zero-order valence-corrected chi connectivity index (χ0v) is 12.2. The third-order valence-corrected chi connectivity index (χ3v) is 4.73. The predicted molar refractivity (Wildman–Crippen MR) is 82.9 cm³/mol. The van der Waals surface area contributed by atoms with Crippen LogP contribution >= 0.6 is 0 Å². The van der Waals surface area contributed by atoms with Crippen LogP contribution in [-0.4, -0.2) is 24.2 Å². The van der Waals surface area contributed by atoms with E-state index in [1.165, 1.54) is 43.1 Å². The second-order valence-corrected chi connectivity index (χ2v) is 6.06. The van der Waals surface area contributed by atoms with Crippen LogP contribution in [0.2, 0.25) is 0 Å². The Hall–Kier alpha value is -1.38. The first-order valence-corrected chi connectivity index (χ1v) is 7.77. The molecule has 2 aromatic rings. The summed E-state index contributed by atoms with van der Waals surface area (Å²) in [5.41, 5.74) is 1.05. The van der Waals surface area contributed by atoms with Crippen molar-refractivity contribution in [1.29, 1.82) is 0 Å². The molecule has 1 aliphatic heterocycles. The van der Waals surface area contributed by atoms with E-state index in [-0.39, 0.29) is 12.1 Å². The molecular weight excluding hydrogens is 246 g/mol. The van der Waals surface area contributed by atoms with Crippen LogP contribution in [0.1, 0.15) is 37.9 Å². The minimum absolute atomic E-state index is 0.275. The smallest absolute Gasteiger partial charge is 0.130 e. The highest BCUT2D eigenvalue weighted by molar-refractivity contribution is 5.83. The van der Waals surface area contributed by atoms with Gasteiger partial charge in [0.15, 0.2) is 0 Å². The summed E-state index contributed by atoms with van der Waals surface area (Å²) < 4.78 is 0. The largest absolute Gasteiger partial charge is 0.382 e. The number of fused-ring (bicyclic) bond motifs is 1. The molecule has 2 N–H and O–H groups in total. The lowest BCUT2D eigenvalue weighted by Crippen LogP contribution is -3.16. The Morgan fingerprint density at radius 3 is 2.40 bits per heavy atom. The van der Waals surface area contributed by atoms with Crippen molar-refractivity contribution in [1.82, 2.24) is 0 Å². The van der Waals surface area contributed by atoms with Crippen LogP contribution in [0.25, 0.3) is 10.8 Å². The molecule has 2 aromatic carbocycles. The first kappa shape index (κ1) is 13.6. The molecule has 1 aliphatic rings. The maximum atomic E-state index is 10.7. The molecule has 0 aromatic heterocycles. The highest BCUT2D eigenvalue weighted by atomic mass is 16.3. The number of hydrogen-bond donors (Lipinski definition) is 2. The highest BCUT2D eigenvalue weighted by Crippen LogP contribution is 2.22. The van der Waals surface area contributed by atoms with Gasteiger partial charge in [-0.3, -0.25) is 0 Å². The van der Waals surface area contributed by atoms with Crippen LogP contribution in [-0.2, 0) is 0 Å². The number of benzene rings is 2. The fourth-order valence-electron chi connectivity index (χ4n) is 3.36. The second-order valence-electron chi connectivity index (χ2n) is 6.06. The highest BCUT2D eigenvalue weighted by Gasteiger charge is 2.27. The number of piperidine rings is 1. The van der Waals surface area contributed by atoms with Gasteiger partial charge in [0.25, 0.3) is 0 Å². The maximum Gasteiger partial charge on any atom is 0.130 e. The van der Waals surface area contributed by atoms with Crippen molar-refractivity contribution in [3.63, 3.8) is 0 Å². The van der Waals surface area contributed by atoms with Crippen molar-refractivity contribution in [3.8, 4) is 0 Å². The summed E-state index contributed by atoms with van der Waals surface area (Å²) in [4.78, 5) is 1.55. The van der Waals surface area contributed by atoms with Crippen molar-refractivity contribution >= 4 is 10.8 Å². The van der Waals surface area contributed by atoms with Crippen molar-refractivity contribution in [3.05, 3.63) is 48.0 Å². The third-order valence-electron chi connectivity index (χ3n) is 4.73. The second kappa shape index (κ2) is 5.94. The summed E-state index contributed by atoms with van der Waals surface area (Å²) in [5, 5.41) is 13.1. The maximum absolute atomic E-state index is 10.7. The average molecular weight is 270 g/mol. The minimum Gasteiger partial charge on any atom is -0.382 e. The van der Waals surface area contributed by atoms with E-state index in [2.05, 4.69) is 49.4 Å². The van der Waals surface area contributed by atoms with Gasteiger partial charge in [0.2, 0.25) is 0 Å². The van der Waals surface area contributed by atoms with E-state index in [1.807, 2.05) is 0 Å². The van der Waals surface area contributed by atoms with Crippen molar-refractivity contribution in [2.75, 3.05) is 13.1 Å². The molecule has 2 nitrogen and oxygen atoms in total. The lowest BCUT2D eigenvalue weighted by Gasteiger charge is -2.32. The molecule has 1 saturated heterocycles. The van der Waals surface area contributed by atoms with Gasteiger partial charge in [0, 0.05) is 0 Å². The van der Waals surface area contributed by atoms with Gasteiger partial charge >= 0.3 is 0 Å². The van der Waals surface area contributed by atoms with Gasteiger partial charge in [-0.1, -0.05) is 36.4 Å². The standard InChI is InChI=1S/C18H23NO/c1-14(19-11-5-2-6-12-19)18(20)17-10-9-15-7-3-4-8-16(15)13-17/h3-4,7-10,13-14,18,20H,2,5-6,11-12H2,1H3/p+1/t14-,18-/m0/s1. The SMILES string of the molecule is C[C@@H]([C@H](O)c1ccc2ccccc2c1)[NH+]1CCCCC1. The number of quaternary nitrogens is 1. The fraction of sp³-hybridized carbons (Fsp3) is 0.444. The van der Waals surface area contributed by atoms with Gasteiger partial charge in [-0.25, -0.2) is 0 Å². The van der Waals surface area contributed by atoms with Gasteiger partial charge in [-0.05, 0) is 48.6 Å². The Labute approximate surface area is 121 Å².